The molecule has 43 heavy (non-hydrogen) atoms. The number of esters is 1. The van der Waals surface area contributed by atoms with Gasteiger partial charge in [-0.25, -0.2) is 9.18 Å². The fraction of sp³-hybridized carbons (Fsp3) is 0.158. The number of halogens is 1. The van der Waals surface area contributed by atoms with Gasteiger partial charge in [0, 0.05) is 29.8 Å². The predicted molar refractivity (Wildman–Crippen MR) is 173 cm³/mol. The molecule has 0 heterocycles. The first-order chi connectivity index (χ1) is 21.0. The van der Waals surface area contributed by atoms with E-state index in [1.807, 2.05) is 36.4 Å². The topological polar surface area (TPSA) is 59.4 Å². The van der Waals surface area contributed by atoms with Crippen molar-refractivity contribution in [3.05, 3.63) is 127 Å². The molecule has 0 aliphatic heterocycles. The van der Waals surface area contributed by atoms with E-state index in [0.717, 1.165) is 46.7 Å². The molecule has 0 saturated heterocycles. The summed E-state index contributed by atoms with van der Waals surface area (Å²) in [5, 5.41) is 10.5. The molecule has 0 atom stereocenters. The average molecular weight is 572 g/mol. The first-order valence-electron chi connectivity index (χ1n) is 14.5. The van der Waals surface area contributed by atoms with Crippen LogP contribution in [0.3, 0.4) is 0 Å². The van der Waals surface area contributed by atoms with Gasteiger partial charge < -0.3 is 14.9 Å². The van der Waals surface area contributed by atoms with Gasteiger partial charge in [-0.05, 0) is 80.9 Å². The maximum atomic E-state index is 15.4. The Balaban J connectivity index is 1.30. The molecule has 0 fully saturated rings. The average Bonchev–Trinajstić information content (AvgIpc) is 3.04. The number of hydrogen-bond acceptors (Lipinski definition) is 4. The van der Waals surface area contributed by atoms with Crippen molar-refractivity contribution in [2.45, 2.75) is 26.2 Å². The molecule has 0 bridgehead atoms. The number of ether oxygens (including phenoxy) is 2. The molecule has 0 amide bonds. The van der Waals surface area contributed by atoms with Crippen LogP contribution in [0, 0.1) is 11.2 Å². The van der Waals surface area contributed by atoms with E-state index in [-0.39, 0.29) is 12.4 Å². The third-order valence-electron chi connectivity index (χ3n) is 7.40. The lowest BCUT2D eigenvalue weighted by molar-refractivity contribution is -0.137. The third-order valence-corrected chi connectivity index (χ3v) is 7.40. The van der Waals surface area contributed by atoms with Crippen molar-refractivity contribution in [2.75, 3.05) is 13.2 Å². The number of fused-ring (bicyclic) bond motifs is 1. The number of benzene rings is 5. The van der Waals surface area contributed by atoms with Crippen LogP contribution < -0.4 is 4.74 Å². The third kappa shape index (κ3) is 7.07. The summed E-state index contributed by atoms with van der Waals surface area (Å²) < 4.78 is 26.0. The van der Waals surface area contributed by atoms with E-state index in [9.17, 15) is 4.79 Å². The molecule has 5 aromatic carbocycles. The van der Waals surface area contributed by atoms with Crippen LogP contribution in [0.1, 0.15) is 30.9 Å². The van der Waals surface area contributed by atoms with Gasteiger partial charge in [0.2, 0.25) is 0 Å². The molecule has 216 valence electrons. The van der Waals surface area contributed by atoms with Crippen LogP contribution in [-0.2, 0) is 16.0 Å². The maximum Gasteiger partial charge on any atom is 0.330 e. The molecule has 5 aromatic rings. The molecule has 1 N–H and O–H groups in total. The van der Waals surface area contributed by atoms with Crippen molar-refractivity contribution >= 4 is 23.0 Å². The molecule has 0 aliphatic carbocycles. The van der Waals surface area contributed by atoms with Gasteiger partial charge in [-0.2, -0.15) is 0 Å². The minimum Gasteiger partial charge on any atom is -0.493 e. The Kier molecular flexibility index (Phi) is 9.42. The van der Waals surface area contributed by atoms with Crippen LogP contribution in [0.2, 0.25) is 0 Å². The molecule has 0 aromatic heterocycles. The van der Waals surface area contributed by atoms with E-state index >= 15 is 4.39 Å². The van der Waals surface area contributed by atoms with Crippen LogP contribution in [0.5, 0.6) is 5.75 Å². The van der Waals surface area contributed by atoms with Crippen molar-refractivity contribution in [3.63, 3.8) is 0 Å². The minimum absolute atomic E-state index is 0.256. The first-order valence-corrected chi connectivity index (χ1v) is 14.5. The molecular formula is C38H34FNO3. The van der Waals surface area contributed by atoms with E-state index in [1.54, 1.807) is 18.2 Å². The number of nitrogens with one attached hydrogen (secondary N) is 1. The summed E-state index contributed by atoms with van der Waals surface area (Å²) in [4.78, 5) is 11.1. The first kappa shape index (κ1) is 29.5. The number of carbonyl (C=O) groups is 1. The van der Waals surface area contributed by atoms with Gasteiger partial charge in [0.05, 0.1) is 13.2 Å². The summed E-state index contributed by atoms with van der Waals surface area (Å²) in [5.41, 5.74) is 6.90. The van der Waals surface area contributed by atoms with Gasteiger partial charge in [-0.3, -0.25) is 0 Å². The summed E-state index contributed by atoms with van der Waals surface area (Å²) in [6.45, 7) is 6.20. The van der Waals surface area contributed by atoms with E-state index in [2.05, 4.69) is 49.9 Å². The number of carbonyl (C=O) groups excluding carboxylic acids is 1. The Hall–Kier alpha value is -5.03. The highest BCUT2D eigenvalue weighted by molar-refractivity contribution is 5.93. The second-order valence-corrected chi connectivity index (χ2v) is 10.4. The van der Waals surface area contributed by atoms with Gasteiger partial charge in [0.25, 0.3) is 0 Å². The van der Waals surface area contributed by atoms with Crippen LogP contribution >= 0.6 is 0 Å². The van der Waals surface area contributed by atoms with Gasteiger partial charge >= 0.3 is 5.97 Å². The largest absolute Gasteiger partial charge is 0.493 e. The minimum atomic E-state index is -0.454. The van der Waals surface area contributed by atoms with E-state index in [4.69, 9.17) is 14.9 Å². The van der Waals surface area contributed by atoms with Gasteiger partial charge in [0.1, 0.15) is 11.6 Å². The summed E-state index contributed by atoms with van der Waals surface area (Å²) in [6.07, 6.45) is 5.20. The predicted octanol–water partition coefficient (Wildman–Crippen LogP) is 9.43. The van der Waals surface area contributed by atoms with Crippen molar-refractivity contribution in [2.24, 2.45) is 0 Å². The van der Waals surface area contributed by atoms with E-state index < -0.39 is 5.97 Å². The monoisotopic (exact) mass is 571 g/mol. The summed E-state index contributed by atoms with van der Waals surface area (Å²) >= 11 is 0. The number of hydrogen-bond donors (Lipinski definition) is 1. The Morgan fingerprint density at radius 2 is 1.47 bits per heavy atom. The fourth-order valence-electron chi connectivity index (χ4n) is 5.17. The molecule has 0 radical (unpaired) electrons. The quantitative estimate of drug-likeness (QED) is 0.0702. The van der Waals surface area contributed by atoms with Crippen LogP contribution in [0.4, 0.5) is 4.39 Å². The molecular weight excluding hydrogens is 537 g/mol. The zero-order valence-corrected chi connectivity index (χ0v) is 24.2. The highest BCUT2D eigenvalue weighted by Crippen LogP contribution is 2.33. The van der Waals surface area contributed by atoms with Gasteiger partial charge in [-0.15, -0.1) is 0 Å². The molecule has 5 heteroatoms. The lowest BCUT2D eigenvalue weighted by Crippen LogP contribution is -2.06. The second kappa shape index (κ2) is 13.8. The number of rotatable bonds is 12. The van der Waals surface area contributed by atoms with Crippen molar-refractivity contribution in [3.8, 4) is 39.1 Å². The molecule has 0 aliphatic rings. The number of aryl methyl sites for hydroxylation is 1. The fourth-order valence-corrected chi connectivity index (χ4v) is 5.17. The smallest absolute Gasteiger partial charge is 0.330 e. The van der Waals surface area contributed by atoms with Crippen molar-refractivity contribution < 1.29 is 18.7 Å². The summed E-state index contributed by atoms with van der Waals surface area (Å²) in [5.74, 6) is -0.142. The molecule has 0 unspecified atom stereocenters. The zero-order chi connectivity index (χ0) is 30.2. The Bertz CT molecular complexity index is 1780. The second-order valence-electron chi connectivity index (χ2n) is 10.4. The zero-order valence-electron chi connectivity index (χ0n) is 24.2. The van der Waals surface area contributed by atoms with Gasteiger partial charge in [-0.1, -0.05) is 86.7 Å². The molecule has 5 rings (SSSR count). The van der Waals surface area contributed by atoms with Gasteiger partial charge in [0.15, 0.2) is 0 Å². The highest BCUT2D eigenvalue weighted by Gasteiger charge is 2.12. The Labute approximate surface area is 251 Å². The summed E-state index contributed by atoms with van der Waals surface area (Å²) in [7, 11) is 0. The maximum absolute atomic E-state index is 15.4. The van der Waals surface area contributed by atoms with Crippen molar-refractivity contribution in [1.82, 2.24) is 0 Å². The Morgan fingerprint density at radius 3 is 2.21 bits per heavy atom. The van der Waals surface area contributed by atoms with Crippen molar-refractivity contribution in [1.29, 1.82) is 5.41 Å². The van der Waals surface area contributed by atoms with E-state index in [0.29, 0.717) is 29.9 Å². The summed E-state index contributed by atoms with van der Waals surface area (Å²) in [6, 6.07) is 31.5. The SMILES string of the molecule is C=CC(=O)OCCCOc1ccc(-c2ccc(-c3ccc(-c4ccc5cc(CCC)ccc5c4)cc3C=N)cc2F)cc1. The molecule has 0 spiro atoms. The normalized spacial score (nSPS) is 10.8. The lowest BCUT2D eigenvalue weighted by Gasteiger charge is -2.12. The van der Waals surface area contributed by atoms with Crippen LogP contribution in [0.25, 0.3) is 44.2 Å². The molecule has 0 saturated carbocycles. The standard InChI is InChI=1S/C38H34FNO3/c1-3-6-26-7-8-29-22-30(10-9-28(29)21-26)31-13-17-35(33(23-31)25-40)32-14-18-36(37(39)24-32)27-11-15-34(16-12-27)42-19-5-20-43-38(41)4-2/h4,7-18,21-25,40H,2-3,5-6,19-20H2,1H3. The Morgan fingerprint density at radius 1 is 0.791 bits per heavy atom. The molecule has 4 nitrogen and oxygen atoms in total. The van der Waals surface area contributed by atoms with E-state index in [1.165, 1.54) is 28.6 Å². The van der Waals surface area contributed by atoms with Crippen LogP contribution in [0.15, 0.2) is 110 Å². The highest BCUT2D eigenvalue weighted by atomic mass is 19.1. The lowest BCUT2D eigenvalue weighted by atomic mass is 9.93. The van der Waals surface area contributed by atoms with Crippen LogP contribution in [-0.4, -0.2) is 25.4 Å².